The van der Waals surface area contributed by atoms with Crippen molar-refractivity contribution in [2.45, 2.75) is 25.3 Å². The molecule has 5 nitrogen and oxygen atoms in total. The Bertz CT molecular complexity index is 187. The highest BCUT2D eigenvalue weighted by molar-refractivity contribution is 5.74. The summed E-state index contributed by atoms with van der Waals surface area (Å²) in [5.74, 6) is 0. The molecule has 2 amide bonds. The molecule has 4 N–H and O–H groups in total. The van der Waals surface area contributed by atoms with Gasteiger partial charge in [0.05, 0.1) is 12.6 Å². The van der Waals surface area contributed by atoms with E-state index < -0.39 is 0 Å². The molecular weight excluding hydrogens is 182 g/mol. The maximum absolute atomic E-state index is 11.6. The molecule has 0 spiro atoms. The van der Waals surface area contributed by atoms with Crippen molar-refractivity contribution < 1.29 is 9.90 Å². The zero-order valence-electron chi connectivity index (χ0n) is 8.41. The number of likely N-dealkylation sites (tertiary alicyclic amines) is 1. The first-order valence-corrected chi connectivity index (χ1v) is 5.15. The van der Waals surface area contributed by atoms with Gasteiger partial charge in [-0.2, -0.15) is 0 Å². The maximum Gasteiger partial charge on any atom is 0.317 e. The summed E-state index contributed by atoms with van der Waals surface area (Å²) < 4.78 is 0. The summed E-state index contributed by atoms with van der Waals surface area (Å²) >= 11 is 0. The molecule has 0 saturated carbocycles. The summed E-state index contributed by atoms with van der Waals surface area (Å²) in [6, 6.07) is -0.115. The summed E-state index contributed by atoms with van der Waals surface area (Å²) in [7, 11) is 0. The molecule has 1 rings (SSSR count). The van der Waals surface area contributed by atoms with Crippen LogP contribution >= 0.6 is 0 Å². The Labute approximate surface area is 84.3 Å². The van der Waals surface area contributed by atoms with E-state index in [2.05, 4.69) is 5.32 Å². The third-order valence-electron chi connectivity index (χ3n) is 2.52. The van der Waals surface area contributed by atoms with Crippen molar-refractivity contribution in [2.75, 3.05) is 26.2 Å². The van der Waals surface area contributed by atoms with Crippen molar-refractivity contribution in [1.82, 2.24) is 10.2 Å². The molecule has 1 unspecified atom stereocenters. The lowest BCUT2D eigenvalue weighted by Crippen LogP contribution is -2.50. The van der Waals surface area contributed by atoms with Gasteiger partial charge in [0.1, 0.15) is 0 Å². The van der Waals surface area contributed by atoms with Crippen LogP contribution in [0.5, 0.6) is 0 Å². The second kappa shape index (κ2) is 5.82. The molecule has 1 fully saturated rings. The number of piperidine rings is 1. The van der Waals surface area contributed by atoms with Gasteiger partial charge >= 0.3 is 6.03 Å². The minimum atomic E-state index is -0.103. The predicted molar refractivity (Wildman–Crippen MR) is 53.9 cm³/mol. The molecule has 1 aliphatic heterocycles. The molecule has 1 atom stereocenters. The van der Waals surface area contributed by atoms with E-state index in [0.29, 0.717) is 13.1 Å². The van der Waals surface area contributed by atoms with Crippen LogP contribution in [0.15, 0.2) is 0 Å². The fourth-order valence-corrected chi connectivity index (χ4v) is 1.74. The zero-order chi connectivity index (χ0) is 10.4. The second-order valence-electron chi connectivity index (χ2n) is 3.55. The lowest BCUT2D eigenvalue weighted by atomic mass is 10.0. The summed E-state index contributed by atoms with van der Waals surface area (Å²) in [6.45, 7) is 1.73. The Hall–Kier alpha value is -0.810. The molecule has 1 aliphatic rings. The van der Waals surface area contributed by atoms with Crippen LogP contribution in [0, 0.1) is 0 Å². The van der Waals surface area contributed by atoms with E-state index in [4.69, 9.17) is 10.8 Å². The summed E-state index contributed by atoms with van der Waals surface area (Å²) in [6.07, 6.45) is 3.00. The summed E-state index contributed by atoms with van der Waals surface area (Å²) in [4.78, 5) is 13.3. The van der Waals surface area contributed by atoms with Gasteiger partial charge in [-0.25, -0.2) is 4.79 Å². The van der Waals surface area contributed by atoms with Crippen LogP contribution in [0.3, 0.4) is 0 Å². The minimum Gasteiger partial charge on any atom is -0.394 e. The zero-order valence-corrected chi connectivity index (χ0v) is 8.41. The number of rotatable bonds is 3. The van der Waals surface area contributed by atoms with E-state index in [1.165, 1.54) is 0 Å². The number of carbonyl (C=O) groups excluding carboxylic acids is 1. The van der Waals surface area contributed by atoms with E-state index >= 15 is 0 Å². The van der Waals surface area contributed by atoms with Crippen LogP contribution < -0.4 is 11.1 Å². The first-order valence-electron chi connectivity index (χ1n) is 5.15. The number of hydrogen-bond donors (Lipinski definition) is 3. The Morgan fingerprint density at radius 2 is 2.36 bits per heavy atom. The second-order valence-corrected chi connectivity index (χ2v) is 3.55. The van der Waals surface area contributed by atoms with Gasteiger partial charge in [0.2, 0.25) is 0 Å². The third kappa shape index (κ3) is 2.85. The van der Waals surface area contributed by atoms with Crippen LogP contribution in [0.1, 0.15) is 19.3 Å². The molecule has 0 aliphatic carbocycles. The minimum absolute atomic E-state index is 0.0125. The van der Waals surface area contributed by atoms with E-state index in [9.17, 15) is 4.79 Å². The van der Waals surface area contributed by atoms with Crippen molar-refractivity contribution in [1.29, 1.82) is 0 Å². The number of nitrogens with one attached hydrogen (secondary N) is 1. The van der Waals surface area contributed by atoms with Crippen LogP contribution in [0.4, 0.5) is 4.79 Å². The van der Waals surface area contributed by atoms with Gasteiger partial charge in [0, 0.05) is 19.6 Å². The lowest BCUT2D eigenvalue weighted by Gasteiger charge is -2.34. The molecule has 0 aromatic rings. The average Bonchev–Trinajstić information content (AvgIpc) is 2.25. The molecule has 1 saturated heterocycles. The average molecular weight is 201 g/mol. The van der Waals surface area contributed by atoms with Gasteiger partial charge in [-0.1, -0.05) is 0 Å². The van der Waals surface area contributed by atoms with Crippen molar-refractivity contribution >= 4 is 6.03 Å². The molecule has 5 heteroatoms. The van der Waals surface area contributed by atoms with Crippen molar-refractivity contribution in [2.24, 2.45) is 5.73 Å². The van der Waals surface area contributed by atoms with Gasteiger partial charge in [0.15, 0.2) is 0 Å². The Morgan fingerprint density at radius 1 is 1.57 bits per heavy atom. The van der Waals surface area contributed by atoms with Crippen molar-refractivity contribution in [3.8, 4) is 0 Å². The van der Waals surface area contributed by atoms with Crippen LogP contribution in [0.25, 0.3) is 0 Å². The van der Waals surface area contributed by atoms with E-state index in [1.54, 1.807) is 4.90 Å². The van der Waals surface area contributed by atoms with E-state index in [1.807, 2.05) is 0 Å². The van der Waals surface area contributed by atoms with Gasteiger partial charge in [0.25, 0.3) is 0 Å². The van der Waals surface area contributed by atoms with Crippen molar-refractivity contribution in [3.05, 3.63) is 0 Å². The molecular formula is C9H19N3O2. The number of nitrogens with two attached hydrogens (primary N) is 1. The Kier molecular flexibility index (Phi) is 4.69. The van der Waals surface area contributed by atoms with Gasteiger partial charge in [-0.3, -0.25) is 0 Å². The summed E-state index contributed by atoms with van der Waals surface area (Å²) in [5, 5.41) is 11.8. The fourth-order valence-electron chi connectivity index (χ4n) is 1.74. The molecule has 14 heavy (non-hydrogen) atoms. The third-order valence-corrected chi connectivity index (χ3v) is 2.52. The first-order chi connectivity index (χ1) is 6.79. The number of aliphatic hydroxyl groups excluding tert-OH is 1. The van der Waals surface area contributed by atoms with E-state index in [-0.39, 0.29) is 18.7 Å². The van der Waals surface area contributed by atoms with Crippen molar-refractivity contribution in [3.63, 3.8) is 0 Å². The molecule has 0 radical (unpaired) electrons. The predicted octanol–water partition coefficient (Wildman–Crippen LogP) is -0.498. The largest absolute Gasteiger partial charge is 0.394 e. The van der Waals surface area contributed by atoms with E-state index in [0.717, 1.165) is 25.8 Å². The normalized spacial score (nSPS) is 22.1. The van der Waals surface area contributed by atoms with Crippen LogP contribution in [0.2, 0.25) is 0 Å². The SMILES string of the molecule is NCCNC(=O)N1CCCCC1CO. The van der Waals surface area contributed by atoms with Crippen LogP contribution in [-0.2, 0) is 0 Å². The molecule has 1 heterocycles. The quantitative estimate of drug-likeness (QED) is 0.576. The van der Waals surface area contributed by atoms with Crippen LogP contribution in [-0.4, -0.2) is 48.3 Å². The molecule has 0 aromatic carbocycles. The highest BCUT2D eigenvalue weighted by Crippen LogP contribution is 2.16. The number of hydrogen-bond acceptors (Lipinski definition) is 3. The molecule has 0 aromatic heterocycles. The summed E-state index contributed by atoms with van der Waals surface area (Å²) in [5.41, 5.74) is 5.29. The Morgan fingerprint density at radius 3 is 3.00 bits per heavy atom. The number of aliphatic hydroxyl groups is 1. The number of amides is 2. The highest BCUT2D eigenvalue weighted by Gasteiger charge is 2.25. The topological polar surface area (TPSA) is 78.6 Å². The van der Waals surface area contributed by atoms with Gasteiger partial charge in [-0.05, 0) is 19.3 Å². The highest BCUT2D eigenvalue weighted by atomic mass is 16.3. The smallest absolute Gasteiger partial charge is 0.317 e. The number of nitrogens with zero attached hydrogens (tertiary/aromatic N) is 1. The number of carbonyl (C=O) groups is 1. The van der Waals surface area contributed by atoms with Gasteiger partial charge < -0.3 is 21.1 Å². The molecule has 82 valence electrons. The first kappa shape index (κ1) is 11.3. The number of urea groups is 1. The van der Waals surface area contributed by atoms with Gasteiger partial charge in [-0.15, -0.1) is 0 Å². The standard InChI is InChI=1S/C9H19N3O2/c10-4-5-11-9(14)12-6-2-1-3-8(12)7-13/h8,13H,1-7,10H2,(H,11,14). The monoisotopic (exact) mass is 201 g/mol. The lowest BCUT2D eigenvalue weighted by molar-refractivity contribution is 0.108. The fraction of sp³-hybridized carbons (Fsp3) is 0.889. The Balaban J connectivity index is 2.41. The molecule has 0 bridgehead atoms. The maximum atomic E-state index is 11.6.